The van der Waals surface area contributed by atoms with E-state index in [0.717, 1.165) is 29.9 Å². The van der Waals surface area contributed by atoms with Gasteiger partial charge in [-0.1, -0.05) is 0 Å². The van der Waals surface area contributed by atoms with E-state index in [-0.39, 0.29) is 11.8 Å². The zero-order valence-electron chi connectivity index (χ0n) is 9.93. The number of rotatable bonds is 2. The number of thiazole rings is 1. The molecule has 7 heteroatoms. The Hall–Kier alpha value is -1.76. The van der Waals surface area contributed by atoms with E-state index in [0.29, 0.717) is 11.6 Å². The SMILES string of the molecule is Cc1csc(NC(=O)C2CCc3n[nH]nc3C2)n1. The Labute approximate surface area is 108 Å². The van der Waals surface area contributed by atoms with Crippen LogP contribution in [0, 0.1) is 12.8 Å². The van der Waals surface area contributed by atoms with Crippen LogP contribution in [0.1, 0.15) is 23.5 Å². The minimum atomic E-state index is -0.0354. The summed E-state index contributed by atoms with van der Waals surface area (Å²) in [5, 5.41) is 16.2. The van der Waals surface area contributed by atoms with Crippen molar-refractivity contribution in [2.45, 2.75) is 26.2 Å². The van der Waals surface area contributed by atoms with Gasteiger partial charge in [0.1, 0.15) is 0 Å². The standard InChI is InChI=1S/C11H13N5OS/c1-6-5-18-11(12-6)13-10(17)7-2-3-8-9(4-7)15-16-14-8/h5,7H,2-4H2,1H3,(H,12,13,17)(H,14,15,16). The maximum atomic E-state index is 12.1. The Morgan fingerprint density at radius 3 is 3.11 bits per heavy atom. The minimum absolute atomic E-state index is 0.0259. The number of carbonyl (C=O) groups is 1. The molecule has 0 spiro atoms. The molecule has 1 unspecified atom stereocenters. The maximum Gasteiger partial charge on any atom is 0.229 e. The summed E-state index contributed by atoms with van der Waals surface area (Å²) in [7, 11) is 0. The molecule has 1 amide bonds. The zero-order valence-corrected chi connectivity index (χ0v) is 10.8. The molecule has 0 fully saturated rings. The number of H-pyrrole nitrogens is 1. The number of fused-ring (bicyclic) bond motifs is 1. The first-order chi connectivity index (χ1) is 8.72. The van der Waals surface area contributed by atoms with Gasteiger partial charge in [0.25, 0.3) is 0 Å². The van der Waals surface area contributed by atoms with E-state index < -0.39 is 0 Å². The van der Waals surface area contributed by atoms with Crippen molar-refractivity contribution >= 4 is 22.4 Å². The Morgan fingerprint density at radius 2 is 2.33 bits per heavy atom. The van der Waals surface area contributed by atoms with E-state index in [1.165, 1.54) is 11.3 Å². The van der Waals surface area contributed by atoms with Gasteiger partial charge in [-0.15, -0.1) is 11.3 Å². The summed E-state index contributed by atoms with van der Waals surface area (Å²) >= 11 is 1.45. The zero-order chi connectivity index (χ0) is 12.5. The molecule has 94 valence electrons. The number of nitrogens with one attached hydrogen (secondary N) is 2. The van der Waals surface area contributed by atoms with Crippen molar-refractivity contribution in [2.24, 2.45) is 5.92 Å². The second kappa shape index (κ2) is 4.49. The molecule has 0 radical (unpaired) electrons. The fourth-order valence-corrected chi connectivity index (χ4v) is 2.82. The lowest BCUT2D eigenvalue weighted by atomic mass is 9.89. The van der Waals surface area contributed by atoms with Crippen molar-refractivity contribution in [1.82, 2.24) is 20.4 Å². The first-order valence-electron chi connectivity index (χ1n) is 5.84. The fraction of sp³-hybridized carbons (Fsp3) is 0.455. The third-order valence-corrected chi connectivity index (χ3v) is 3.97. The molecule has 1 aliphatic carbocycles. The average Bonchev–Trinajstić information content (AvgIpc) is 2.96. The van der Waals surface area contributed by atoms with E-state index in [1.54, 1.807) is 0 Å². The molecule has 2 heterocycles. The van der Waals surface area contributed by atoms with Gasteiger partial charge in [0.2, 0.25) is 5.91 Å². The van der Waals surface area contributed by atoms with Crippen molar-refractivity contribution in [1.29, 1.82) is 0 Å². The van der Waals surface area contributed by atoms with Crippen LogP contribution in [-0.2, 0) is 17.6 Å². The second-order valence-electron chi connectivity index (χ2n) is 4.44. The minimum Gasteiger partial charge on any atom is -0.302 e. The molecule has 2 aromatic heterocycles. The van der Waals surface area contributed by atoms with Crippen molar-refractivity contribution in [3.05, 3.63) is 22.5 Å². The van der Waals surface area contributed by atoms with Gasteiger partial charge in [0.05, 0.1) is 17.1 Å². The smallest absolute Gasteiger partial charge is 0.229 e. The Bertz CT molecular complexity index is 576. The molecule has 3 rings (SSSR count). The van der Waals surface area contributed by atoms with Gasteiger partial charge in [0.15, 0.2) is 5.13 Å². The number of hydrogen-bond acceptors (Lipinski definition) is 5. The quantitative estimate of drug-likeness (QED) is 0.855. The number of amides is 1. The monoisotopic (exact) mass is 263 g/mol. The number of nitrogens with zero attached hydrogens (tertiary/aromatic N) is 3. The lowest BCUT2D eigenvalue weighted by molar-refractivity contribution is -0.120. The molecule has 0 saturated heterocycles. The molecule has 18 heavy (non-hydrogen) atoms. The summed E-state index contributed by atoms with van der Waals surface area (Å²) in [5.74, 6) is -0.00944. The molecular formula is C11H13N5OS. The van der Waals surface area contributed by atoms with Crippen LogP contribution in [0.15, 0.2) is 5.38 Å². The van der Waals surface area contributed by atoms with Gasteiger partial charge in [-0.2, -0.15) is 15.4 Å². The summed E-state index contributed by atoms with van der Waals surface area (Å²) in [5.41, 5.74) is 2.83. The highest BCUT2D eigenvalue weighted by Gasteiger charge is 2.27. The third-order valence-electron chi connectivity index (χ3n) is 3.09. The van der Waals surface area contributed by atoms with Crippen LogP contribution in [-0.4, -0.2) is 26.3 Å². The summed E-state index contributed by atoms with van der Waals surface area (Å²) in [6.07, 6.45) is 2.28. The Kier molecular flexibility index (Phi) is 2.83. The van der Waals surface area contributed by atoms with Crippen LogP contribution >= 0.6 is 11.3 Å². The topological polar surface area (TPSA) is 83.6 Å². The highest BCUT2D eigenvalue weighted by Crippen LogP contribution is 2.24. The van der Waals surface area contributed by atoms with Crippen molar-refractivity contribution in [2.75, 3.05) is 5.32 Å². The molecule has 1 aliphatic rings. The molecule has 2 N–H and O–H groups in total. The Morgan fingerprint density at radius 1 is 1.50 bits per heavy atom. The van der Waals surface area contributed by atoms with E-state index in [1.807, 2.05) is 12.3 Å². The molecule has 0 bridgehead atoms. The molecular weight excluding hydrogens is 250 g/mol. The van der Waals surface area contributed by atoms with Crippen LogP contribution in [0.4, 0.5) is 5.13 Å². The average molecular weight is 263 g/mol. The summed E-state index contributed by atoms with van der Waals surface area (Å²) < 4.78 is 0. The highest BCUT2D eigenvalue weighted by molar-refractivity contribution is 7.13. The van der Waals surface area contributed by atoms with Gasteiger partial charge >= 0.3 is 0 Å². The van der Waals surface area contributed by atoms with Gasteiger partial charge in [-0.25, -0.2) is 4.98 Å². The van der Waals surface area contributed by atoms with Gasteiger partial charge in [-0.05, 0) is 19.8 Å². The van der Waals surface area contributed by atoms with Crippen molar-refractivity contribution < 1.29 is 4.79 Å². The first-order valence-corrected chi connectivity index (χ1v) is 6.72. The van der Waals surface area contributed by atoms with Crippen LogP contribution in [0.3, 0.4) is 0 Å². The van der Waals surface area contributed by atoms with Crippen LogP contribution in [0.25, 0.3) is 0 Å². The van der Waals surface area contributed by atoms with Crippen LogP contribution in [0.2, 0.25) is 0 Å². The molecule has 0 aliphatic heterocycles. The number of anilines is 1. The van der Waals surface area contributed by atoms with E-state index in [4.69, 9.17) is 0 Å². The molecule has 0 saturated carbocycles. The number of aromatic nitrogens is 4. The highest BCUT2D eigenvalue weighted by atomic mass is 32.1. The fourth-order valence-electron chi connectivity index (χ4n) is 2.13. The Balaban J connectivity index is 1.67. The number of hydrogen-bond donors (Lipinski definition) is 2. The van der Waals surface area contributed by atoms with E-state index in [2.05, 4.69) is 25.7 Å². The normalized spacial score (nSPS) is 18.4. The number of aryl methyl sites for hydroxylation is 2. The van der Waals surface area contributed by atoms with E-state index >= 15 is 0 Å². The molecule has 2 aromatic rings. The summed E-state index contributed by atoms with van der Waals surface area (Å²) in [6.45, 7) is 1.91. The molecule has 6 nitrogen and oxygen atoms in total. The van der Waals surface area contributed by atoms with E-state index in [9.17, 15) is 4.79 Å². The van der Waals surface area contributed by atoms with Gasteiger partial charge in [0, 0.05) is 17.7 Å². The first kappa shape index (κ1) is 11.3. The predicted molar refractivity (Wildman–Crippen MR) is 67.4 cm³/mol. The second-order valence-corrected chi connectivity index (χ2v) is 5.30. The third kappa shape index (κ3) is 2.13. The van der Waals surface area contributed by atoms with Gasteiger partial charge < -0.3 is 5.32 Å². The largest absolute Gasteiger partial charge is 0.302 e. The van der Waals surface area contributed by atoms with Crippen LogP contribution in [0.5, 0.6) is 0 Å². The number of carbonyl (C=O) groups excluding carboxylic acids is 1. The molecule has 0 aromatic carbocycles. The molecule has 1 atom stereocenters. The number of aromatic amines is 1. The lowest BCUT2D eigenvalue weighted by Crippen LogP contribution is -2.28. The van der Waals surface area contributed by atoms with Crippen molar-refractivity contribution in [3.8, 4) is 0 Å². The van der Waals surface area contributed by atoms with Crippen LogP contribution < -0.4 is 5.32 Å². The summed E-state index contributed by atoms with van der Waals surface area (Å²) in [4.78, 5) is 16.3. The summed E-state index contributed by atoms with van der Waals surface area (Å²) in [6, 6.07) is 0. The van der Waals surface area contributed by atoms with Crippen molar-refractivity contribution in [3.63, 3.8) is 0 Å². The lowest BCUT2D eigenvalue weighted by Gasteiger charge is -2.18. The predicted octanol–water partition coefficient (Wildman–Crippen LogP) is 1.31. The maximum absolute atomic E-state index is 12.1. The van der Waals surface area contributed by atoms with Gasteiger partial charge in [-0.3, -0.25) is 4.79 Å².